The number of imidazole rings is 1. The Bertz CT molecular complexity index is 797. The highest BCUT2D eigenvalue weighted by atomic mass is 79.9. The molecule has 0 aliphatic carbocycles. The van der Waals surface area contributed by atoms with Crippen LogP contribution in [0.2, 0.25) is 0 Å². The van der Waals surface area contributed by atoms with E-state index in [9.17, 15) is 0 Å². The molecule has 0 unspecified atom stereocenters. The monoisotopic (exact) mass is 332 g/mol. The molecule has 2 aromatic heterocycles. The van der Waals surface area contributed by atoms with Gasteiger partial charge in [0.05, 0.1) is 12.8 Å². The van der Waals surface area contributed by atoms with Crippen molar-refractivity contribution in [2.24, 2.45) is 0 Å². The number of benzene rings is 1. The molecule has 5 nitrogen and oxygen atoms in total. The van der Waals surface area contributed by atoms with E-state index in [2.05, 4.69) is 25.9 Å². The average molecular weight is 333 g/mol. The summed E-state index contributed by atoms with van der Waals surface area (Å²) in [5.41, 5.74) is 9.50. The second kappa shape index (κ2) is 4.79. The van der Waals surface area contributed by atoms with Crippen LogP contribution in [0.1, 0.15) is 5.56 Å². The van der Waals surface area contributed by atoms with Crippen LogP contribution in [0.15, 0.2) is 34.8 Å². The molecule has 0 bridgehead atoms. The van der Waals surface area contributed by atoms with Crippen LogP contribution in [-0.4, -0.2) is 21.6 Å². The Morgan fingerprint density at radius 1 is 1.20 bits per heavy atom. The van der Waals surface area contributed by atoms with Crippen molar-refractivity contribution in [3.05, 3.63) is 40.4 Å². The number of halogens is 1. The molecule has 0 fully saturated rings. The van der Waals surface area contributed by atoms with Crippen LogP contribution in [0, 0.1) is 6.92 Å². The van der Waals surface area contributed by atoms with Crippen LogP contribution in [0.5, 0.6) is 5.88 Å². The summed E-state index contributed by atoms with van der Waals surface area (Å²) in [5, 5.41) is 0. The third-order valence-corrected chi connectivity index (χ3v) is 3.62. The zero-order valence-corrected chi connectivity index (χ0v) is 12.7. The molecule has 0 saturated carbocycles. The van der Waals surface area contributed by atoms with Crippen molar-refractivity contribution in [2.75, 3.05) is 12.8 Å². The minimum atomic E-state index is 0.405. The Morgan fingerprint density at radius 2 is 2.00 bits per heavy atom. The Balaban J connectivity index is 2.34. The first-order valence-corrected chi connectivity index (χ1v) is 6.85. The topological polar surface area (TPSA) is 66.0 Å². The maximum absolute atomic E-state index is 6.05. The second-order valence-corrected chi connectivity index (χ2v) is 5.35. The lowest BCUT2D eigenvalue weighted by atomic mass is 10.2. The van der Waals surface area contributed by atoms with E-state index in [0.717, 1.165) is 21.2 Å². The van der Waals surface area contributed by atoms with Gasteiger partial charge in [0.25, 0.3) is 0 Å². The molecule has 20 heavy (non-hydrogen) atoms. The van der Waals surface area contributed by atoms with Crippen molar-refractivity contribution in [3.63, 3.8) is 0 Å². The largest absolute Gasteiger partial charge is 0.481 e. The van der Waals surface area contributed by atoms with Gasteiger partial charge in [-0.2, -0.15) is 4.98 Å². The van der Waals surface area contributed by atoms with Gasteiger partial charge in [-0.1, -0.05) is 22.0 Å². The summed E-state index contributed by atoms with van der Waals surface area (Å²) in [4.78, 5) is 8.79. The van der Waals surface area contributed by atoms with Crippen LogP contribution in [-0.2, 0) is 0 Å². The van der Waals surface area contributed by atoms with Crippen molar-refractivity contribution < 1.29 is 4.74 Å². The lowest BCUT2D eigenvalue weighted by Gasteiger charge is -2.10. The van der Waals surface area contributed by atoms with Gasteiger partial charge in [-0.25, -0.2) is 4.98 Å². The van der Waals surface area contributed by atoms with Crippen LogP contribution < -0.4 is 10.5 Å². The number of hydrogen-bond acceptors (Lipinski definition) is 4. The molecule has 0 radical (unpaired) electrons. The van der Waals surface area contributed by atoms with Crippen LogP contribution in [0.25, 0.3) is 16.9 Å². The molecule has 0 spiro atoms. The lowest BCUT2D eigenvalue weighted by Crippen LogP contribution is -2.03. The molecule has 1 aromatic carbocycles. The fraction of sp³-hybridized carbons (Fsp3) is 0.143. The van der Waals surface area contributed by atoms with Gasteiger partial charge in [-0.3, -0.25) is 4.57 Å². The van der Waals surface area contributed by atoms with E-state index in [0.29, 0.717) is 17.5 Å². The zero-order valence-electron chi connectivity index (χ0n) is 11.1. The first-order chi connectivity index (χ1) is 9.60. The first kappa shape index (κ1) is 12.9. The average Bonchev–Trinajstić information content (AvgIpc) is 2.76. The predicted octanol–water partition coefficient (Wildman–Crippen LogP) is 3.08. The van der Waals surface area contributed by atoms with Gasteiger partial charge >= 0.3 is 0 Å². The molecular formula is C14H13BrN4O. The number of methoxy groups -OCH3 is 1. The normalized spacial score (nSPS) is 10.9. The summed E-state index contributed by atoms with van der Waals surface area (Å²) >= 11 is 3.48. The summed E-state index contributed by atoms with van der Waals surface area (Å²) in [5.74, 6) is 0.938. The van der Waals surface area contributed by atoms with Gasteiger partial charge in [0.15, 0.2) is 5.65 Å². The Kier molecular flexibility index (Phi) is 3.10. The number of pyridine rings is 1. The highest BCUT2D eigenvalue weighted by Crippen LogP contribution is 2.27. The van der Waals surface area contributed by atoms with E-state index in [1.807, 2.05) is 35.8 Å². The number of anilines is 1. The summed E-state index contributed by atoms with van der Waals surface area (Å²) in [7, 11) is 1.59. The number of hydrogen-bond donors (Lipinski definition) is 1. The number of nitrogens with zero attached hydrogens (tertiary/aromatic N) is 3. The molecule has 2 N–H and O–H groups in total. The van der Waals surface area contributed by atoms with E-state index < -0.39 is 0 Å². The molecule has 0 atom stereocenters. The number of aryl methyl sites for hydroxylation is 1. The number of nitrogens with two attached hydrogens (primary N) is 1. The third kappa shape index (κ3) is 2.02. The van der Waals surface area contributed by atoms with E-state index in [4.69, 9.17) is 10.5 Å². The van der Waals surface area contributed by atoms with Gasteiger partial charge < -0.3 is 10.5 Å². The highest BCUT2D eigenvalue weighted by molar-refractivity contribution is 9.10. The van der Waals surface area contributed by atoms with E-state index in [1.54, 1.807) is 13.2 Å². The first-order valence-electron chi connectivity index (χ1n) is 6.05. The van der Waals surface area contributed by atoms with E-state index in [1.165, 1.54) is 0 Å². The predicted molar refractivity (Wildman–Crippen MR) is 82.3 cm³/mol. The SMILES string of the molecule is COc1ccc2nc(N)n(-c3cc(Br)ccc3C)c2n1. The number of ether oxygens (including phenoxy) is 1. The van der Waals surface area contributed by atoms with Crippen molar-refractivity contribution in [2.45, 2.75) is 6.92 Å². The molecule has 2 heterocycles. The minimum absolute atomic E-state index is 0.405. The number of nitrogen functional groups attached to an aromatic ring is 1. The van der Waals surface area contributed by atoms with Gasteiger partial charge in [0, 0.05) is 10.5 Å². The van der Waals surface area contributed by atoms with Gasteiger partial charge in [-0.15, -0.1) is 0 Å². The molecule has 0 amide bonds. The van der Waals surface area contributed by atoms with Crippen LogP contribution >= 0.6 is 15.9 Å². The molecule has 3 aromatic rings. The lowest BCUT2D eigenvalue weighted by molar-refractivity contribution is 0.399. The van der Waals surface area contributed by atoms with Crippen molar-refractivity contribution >= 4 is 33.0 Å². The van der Waals surface area contributed by atoms with E-state index in [-0.39, 0.29) is 0 Å². The third-order valence-electron chi connectivity index (χ3n) is 3.13. The molecule has 3 rings (SSSR count). The van der Waals surface area contributed by atoms with E-state index >= 15 is 0 Å². The minimum Gasteiger partial charge on any atom is -0.481 e. The van der Waals surface area contributed by atoms with Crippen LogP contribution in [0.4, 0.5) is 5.95 Å². The van der Waals surface area contributed by atoms with Crippen LogP contribution in [0.3, 0.4) is 0 Å². The summed E-state index contributed by atoms with van der Waals surface area (Å²) in [6.07, 6.45) is 0. The fourth-order valence-electron chi connectivity index (χ4n) is 2.13. The van der Waals surface area contributed by atoms with Gasteiger partial charge in [0.1, 0.15) is 5.52 Å². The number of fused-ring (bicyclic) bond motifs is 1. The smallest absolute Gasteiger partial charge is 0.215 e. The molecule has 102 valence electrons. The van der Waals surface area contributed by atoms with Crippen molar-refractivity contribution in [3.8, 4) is 11.6 Å². The molecule has 0 aliphatic heterocycles. The Morgan fingerprint density at radius 3 is 2.75 bits per heavy atom. The maximum atomic E-state index is 6.05. The van der Waals surface area contributed by atoms with Gasteiger partial charge in [0.2, 0.25) is 11.8 Å². The Hall–Kier alpha value is -2.08. The molecule has 0 saturated heterocycles. The maximum Gasteiger partial charge on any atom is 0.215 e. The molecule has 6 heteroatoms. The van der Waals surface area contributed by atoms with Crippen molar-refractivity contribution in [1.82, 2.24) is 14.5 Å². The molecule has 0 aliphatic rings. The number of aromatic nitrogens is 3. The Labute approximate surface area is 124 Å². The summed E-state index contributed by atoms with van der Waals surface area (Å²) in [6.45, 7) is 2.02. The second-order valence-electron chi connectivity index (χ2n) is 4.43. The highest BCUT2D eigenvalue weighted by Gasteiger charge is 2.14. The fourth-order valence-corrected chi connectivity index (χ4v) is 2.48. The summed E-state index contributed by atoms with van der Waals surface area (Å²) < 4.78 is 7.98. The zero-order chi connectivity index (χ0) is 14.3. The summed E-state index contributed by atoms with van der Waals surface area (Å²) in [6, 6.07) is 9.62. The number of rotatable bonds is 2. The van der Waals surface area contributed by atoms with Crippen molar-refractivity contribution in [1.29, 1.82) is 0 Å². The standard InChI is InChI=1S/C14H13BrN4O/c1-8-3-4-9(15)7-11(8)19-13-10(17-14(19)16)5-6-12(18-13)20-2/h3-7H,1-2H3,(H2,16,17). The van der Waals surface area contributed by atoms with Gasteiger partial charge in [-0.05, 0) is 30.7 Å². The quantitative estimate of drug-likeness (QED) is 0.783. The molecular weight excluding hydrogens is 320 g/mol.